The van der Waals surface area contributed by atoms with Gasteiger partial charge in [0.1, 0.15) is 6.10 Å². The van der Waals surface area contributed by atoms with Crippen molar-refractivity contribution in [3.63, 3.8) is 0 Å². The largest absolute Gasteiger partial charge is 0.481 e. The lowest BCUT2D eigenvalue weighted by molar-refractivity contribution is -0.146. The molecule has 0 aliphatic heterocycles. The van der Waals surface area contributed by atoms with Gasteiger partial charge in [-0.3, -0.25) is 4.79 Å². The molecule has 0 N–H and O–H groups in total. The van der Waals surface area contributed by atoms with Crippen LogP contribution in [0.3, 0.4) is 0 Å². The highest BCUT2D eigenvalue weighted by Crippen LogP contribution is 2.37. The van der Waals surface area contributed by atoms with E-state index in [0.29, 0.717) is 18.0 Å². The van der Waals surface area contributed by atoms with E-state index in [4.69, 9.17) is 14.2 Å². The topological polar surface area (TPSA) is 70.5 Å². The molecule has 6 nitrogen and oxygen atoms in total. The van der Waals surface area contributed by atoms with E-state index in [9.17, 15) is 4.79 Å². The van der Waals surface area contributed by atoms with Gasteiger partial charge in [-0.2, -0.15) is 9.97 Å². The summed E-state index contributed by atoms with van der Waals surface area (Å²) in [7, 11) is 3.03. The van der Waals surface area contributed by atoms with Gasteiger partial charge in [-0.1, -0.05) is 0 Å². The molecule has 1 aromatic rings. The number of ether oxygens (including phenoxy) is 3. The Balaban J connectivity index is 2.39. The zero-order valence-electron chi connectivity index (χ0n) is 10.0. The van der Waals surface area contributed by atoms with Crippen molar-refractivity contribution in [2.24, 2.45) is 0 Å². The van der Waals surface area contributed by atoms with Crippen LogP contribution in [0.1, 0.15) is 30.7 Å². The molecular formula is C11H14N2O4. The highest BCUT2D eigenvalue weighted by Gasteiger charge is 2.31. The number of hydrogen-bond acceptors (Lipinski definition) is 6. The van der Waals surface area contributed by atoms with Crippen LogP contribution in [0.2, 0.25) is 0 Å². The first-order chi connectivity index (χ1) is 8.15. The molecule has 1 aromatic heterocycles. The Bertz CT molecular complexity index is 447. The van der Waals surface area contributed by atoms with Crippen molar-refractivity contribution < 1.29 is 19.0 Å². The third kappa shape index (κ3) is 2.15. The predicted molar refractivity (Wildman–Crippen MR) is 58.0 cm³/mol. The van der Waals surface area contributed by atoms with E-state index >= 15 is 0 Å². The van der Waals surface area contributed by atoms with E-state index in [0.717, 1.165) is 12.0 Å². The molecule has 1 aliphatic rings. The summed E-state index contributed by atoms with van der Waals surface area (Å²) in [6.45, 7) is 1.38. The van der Waals surface area contributed by atoms with Crippen molar-refractivity contribution in [3.8, 4) is 11.9 Å². The molecule has 1 aliphatic carbocycles. The summed E-state index contributed by atoms with van der Waals surface area (Å²) in [5.74, 6) is 0.167. The summed E-state index contributed by atoms with van der Waals surface area (Å²) in [4.78, 5) is 19.3. The van der Waals surface area contributed by atoms with E-state index in [1.165, 1.54) is 14.0 Å². The molecule has 0 spiro atoms. The lowest BCUT2D eigenvalue weighted by atomic mass is 10.2. The van der Waals surface area contributed by atoms with Crippen LogP contribution in [0.4, 0.5) is 0 Å². The third-order valence-electron chi connectivity index (χ3n) is 2.63. The molecule has 1 heterocycles. The molecule has 6 heteroatoms. The van der Waals surface area contributed by atoms with E-state index in [1.54, 1.807) is 7.11 Å². The first-order valence-electron chi connectivity index (χ1n) is 5.31. The molecule has 0 radical (unpaired) electrons. The van der Waals surface area contributed by atoms with E-state index in [1.807, 2.05) is 0 Å². The van der Waals surface area contributed by atoms with Crippen LogP contribution in [0.5, 0.6) is 11.9 Å². The monoisotopic (exact) mass is 238 g/mol. The molecule has 0 amide bonds. The summed E-state index contributed by atoms with van der Waals surface area (Å²) in [6, 6.07) is 0.222. The number of carbonyl (C=O) groups excluding carboxylic acids is 1. The lowest BCUT2D eigenvalue weighted by Crippen LogP contribution is -2.08. The number of hydrogen-bond donors (Lipinski definition) is 0. The van der Waals surface area contributed by atoms with Crippen molar-refractivity contribution in [3.05, 3.63) is 11.3 Å². The minimum Gasteiger partial charge on any atom is -0.481 e. The molecule has 1 atom stereocenters. The van der Waals surface area contributed by atoms with Gasteiger partial charge in [0.05, 0.1) is 19.9 Å². The molecule has 17 heavy (non-hydrogen) atoms. The van der Waals surface area contributed by atoms with Gasteiger partial charge in [-0.15, -0.1) is 0 Å². The smallest absolute Gasteiger partial charge is 0.319 e. The quantitative estimate of drug-likeness (QED) is 0.733. The number of esters is 1. The molecule has 0 fully saturated rings. The van der Waals surface area contributed by atoms with E-state index < -0.39 is 0 Å². The van der Waals surface area contributed by atoms with Crippen molar-refractivity contribution in [2.75, 3.05) is 14.2 Å². The number of fused-ring (bicyclic) bond motifs is 1. The Morgan fingerprint density at radius 1 is 1.29 bits per heavy atom. The van der Waals surface area contributed by atoms with Gasteiger partial charge in [0.15, 0.2) is 0 Å². The predicted octanol–water partition coefficient (Wildman–Crippen LogP) is 1.04. The normalized spacial score (nSPS) is 17.5. The fourth-order valence-corrected chi connectivity index (χ4v) is 1.95. The van der Waals surface area contributed by atoms with Crippen LogP contribution in [0, 0.1) is 0 Å². The number of rotatable bonds is 3. The lowest BCUT2D eigenvalue weighted by Gasteiger charge is -2.12. The highest BCUT2D eigenvalue weighted by molar-refractivity contribution is 5.66. The van der Waals surface area contributed by atoms with Crippen molar-refractivity contribution in [1.82, 2.24) is 9.97 Å². The van der Waals surface area contributed by atoms with Crippen LogP contribution in [-0.4, -0.2) is 30.2 Å². The van der Waals surface area contributed by atoms with E-state index in [2.05, 4.69) is 9.97 Å². The number of methoxy groups -OCH3 is 2. The summed E-state index contributed by atoms with van der Waals surface area (Å²) in [5.41, 5.74) is 1.57. The van der Waals surface area contributed by atoms with Crippen LogP contribution in [0.15, 0.2) is 0 Å². The fourth-order valence-electron chi connectivity index (χ4n) is 1.95. The second kappa shape index (κ2) is 4.57. The van der Waals surface area contributed by atoms with Crippen molar-refractivity contribution >= 4 is 5.97 Å². The number of carbonyl (C=O) groups is 1. The standard InChI is InChI=1S/C11H14N2O4/c1-6(14)17-8-5-4-7-9(8)12-11(16-3)13-10(7)15-2/h8H,4-5H2,1-3H3. The Labute approximate surface area is 98.9 Å². The van der Waals surface area contributed by atoms with Crippen LogP contribution < -0.4 is 9.47 Å². The van der Waals surface area contributed by atoms with Gasteiger partial charge in [0, 0.05) is 12.5 Å². The Morgan fingerprint density at radius 2 is 2.06 bits per heavy atom. The molecular weight excluding hydrogens is 224 g/mol. The zero-order valence-corrected chi connectivity index (χ0v) is 10.0. The van der Waals surface area contributed by atoms with Gasteiger partial charge in [0.25, 0.3) is 0 Å². The maximum absolute atomic E-state index is 11.0. The van der Waals surface area contributed by atoms with Gasteiger partial charge in [0.2, 0.25) is 5.88 Å². The highest BCUT2D eigenvalue weighted by atomic mass is 16.5. The summed E-state index contributed by atoms with van der Waals surface area (Å²) in [6.07, 6.45) is 1.11. The van der Waals surface area contributed by atoms with Crippen molar-refractivity contribution in [1.29, 1.82) is 0 Å². The first-order valence-corrected chi connectivity index (χ1v) is 5.31. The average molecular weight is 238 g/mol. The second-order valence-electron chi connectivity index (χ2n) is 3.72. The van der Waals surface area contributed by atoms with Gasteiger partial charge < -0.3 is 14.2 Å². The summed E-state index contributed by atoms with van der Waals surface area (Å²) in [5, 5.41) is 0. The molecule has 2 rings (SSSR count). The van der Waals surface area contributed by atoms with Gasteiger partial charge in [-0.05, 0) is 12.8 Å². The Kier molecular flexibility index (Phi) is 3.12. The Hall–Kier alpha value is -1.85. The summed E-state index contributed by atoms with van der Waals surface area (Å²) < 4.78 is 15.4. The van der Waals surface area contributed by atoms with Crippen molar-refractivity contribution in [2.45, 2.75) is 25.9 Å². The number of nitrogens with zero attached hydrogens (tertiary/aromatic N) is 2. The van der Waals surface area contributed by atoms with Crippen LogP contribution >= 0.6 is 0 Å². The van der Waals surface area contributed by atoms with Crippen LogP contribution in [-0.2, 0) is 16.0 Å². The minimum absolute atomic E-state index is 0.222. The minimum atomic E-state index is -0.326. The molecule has 1 unspecified atom stereocenters. The second-order valence-corrected chi connectivity index (χ2v) is 3.72. The first kappa shape index (κ1) is 11.6. The molecule has 0 saturated heterocycles. The summed E-state index contributed by atoms with van der Waals surface area (Å²) >= 11 is 0. The Morgan fingerprint density at radius 3 is 2.65 bits per heavy atom. The SMILES string of the molecule is COc1nc(OC)c2c(n1)C(OC(C)=O)CC2. The maximum atomic E-state index is 11.0. The third-order valence-corrected chi connectivity index (χ3v) is 2.63. The molecule has 92 valence electrons. The molecule has 0 bridgehead atoms. The van der Waals surface area contributed by atoms with E-state index in [-0.39, 0.29) is 18.1 Å². The average Bonchev–Trinajstić information content (AvgIpc) is 2.70. The fraction of sp³-hybridized carbons (Fsp3) is 0.545. The van der Waals surface area contributed by atoms with Crippen LogP contribution in [0.25, 0.3) is 0 Å². The maximum Gasteiger partial charge on any atom is 0.319 e. The zero-order chi connectivity index (χ0) is 12.4. The number of aromatic nitrogens is 2. The molecule has 0 aromatic carbocycles. The van der Waals surface area contributed by atoms with Gasteiger partial charge >= 0.3 is 12.0 Å². The molecule has 0 saturated carbocycles. The van der Waals surface area contributed by atoms with Gasteiger partial charge in [-0.25, -0.2) is 0 Å².